The molecule has 0 atom stereocenters. The molecule has 1 rings (SSSR count). The van der Waals surface area contributed by atoms with Crippen molar-refractivity contribution in [3.8, 4) is 0 Å². The third kappa shape index (κ3) is 4.42. The van der Waals surface area contributed by atoms with E-state index in [-0.39, 0.29) is 29.0 Å². The highest BCUT2D eigenvalue weighted by atomic mass is 35.5. The van der Waals surface area contributed by atoms with Crippen molar-refractivity contribution in [1.29, 1.82) is 0 Å². The minimum Gasteiger partial charge on any atom is -0.324 e. The molecule has 8 nitrogen and oxygen atoms in total. The fourth-order valence-corrected chi connectivity index (χ4v) is 3.79. The Morgan fingerprint density at radius 3 is 2.42 bits per heavy atom. The van der Waals surface area contributed by atoms with Crippen LogP contribution in [0.15, 0.2) is 11.4 Å². The molecule has 0 radical (unpaired) electrons. The number of sulfonamides is 2. The van der Waals surface area contributed by atoms with E-state index >= 15 is 0 Å². The largest absolute Gasteiger partial charge is 0.324 e. The van der Waals surface area contributed by atoms with Crippen LogP contribution in [-0.2, 0) is 27.1 Å². The van der Waals surface area contributed by atoms with Crippen LogP contribution < -0.4 is 9.44 Å². The predicted molar refractivity (Wildman–Crippen MR) is 70.9 cm³/mol. The Hall–Kier alpha value is -0.680. The standard InChI is InChI=1S/C8H15ClN4O4S2/c1-3-11-18(14,15)5-4-12-19(16,17)8-7(9)13(2)6-10-8/h6,11-12H,3-5H2,1-2H3. The van der Waals surface area contributed by atoms with E-state index < -0.39 is 20.0 Å². The highest BCUT2D eigenvalue weighted by Crippen LogP contribution is 2.17. The molecule has 0 unspecified atom stereocenters. The second-order valence-corrected chi connectivity index (χ2v) is 7.63. The van der Waals surface area contributed by atoms with E-state index in [0.717, 1.165) is 0 Å². The van der Waals surface area contributed by atoms with Gasteiger partial charge in [-0.25, -0.2) is 31.3 Å². The molecule has 0 aliphatic heterocycles. The van der Waals surface area contributed by atoms with E-state index in [0.29, 0.717) is 0 Å². The molecule has 2 N–H and O–H groups in total. The SMILES string of the molecule is CCNS(=O)(=O)CCNS(=O)(=O)c1ncn(C)c1Cl. The van der Waals surface area contributed by atoms with Crippen LogP contribution in [0.3, 0.4) is 0 Å². The molecular weight excluding hydrogens is 316 g/mol. The normalized spacial score (nSPS) is 12.8. The van der Waals surface area contributed by atoms with Crippen LogP contribution in [0.1, 0.15) is 6.92 Å². The summed E-state index contributed by atoms with van der Waals surface area (Å²) < 4.78 is 52.0. The summed E-state index contributed by atoms with van der Waals surface area (Å²) in [5, 5.41) is -0.362. The van der Waals surface area contributed by atoms with Crippen molar-refractivity contribution >= 4 is 31.6 Å². The lowest BCUT2D eigenvalue weighted by atomic mass is 10.8. The molecule has 0 saturated carbocycles. The third-order valence-electron chi connectivity index (χ3n) is 2.12. The van der Waals surface area contributed by atoms with Crippen molar-refractivity contribution in [3.05, 3.63) is 11.5 Å². The van der Waals surface area contributed by atoms with E-state index in [9.17, 15) is 16.8 Å². The topological polar surface area (TPSA) is 110 Å². The van der Waals surface area contributed by atoms with Crippen LogP contribution in [0.5, 0.6) is 0 Å². The molecule has 1 aromatic rings. The van der Waals surface area contributed by atoms with Gasteiger partial charge in [-0.3, -0.25) is 0 Å². The molecule has 0 amide bonds. The maximum atomic E-state index is 11.8. The lowest BCUT2D eigenvalue weighted by Crippen LogP contribution is -2.34. The van der Waals surface area contributed by atoms with Gasteiger partial charge in [-0.15, -0.1) is 0 Å². The molecule has 0 aliphatic carbocycles. The molecule has 1 heterocycles. The van der Waals surface area contributed by atoms with Gasteiger partial charge >= 0.3 is 0 Å². The lowest BCUT2D eigenvalue weighted by Gasteiger charge is -2.06. The van der Waals surface area contributed by atoms with E-state index in [4.69, 9.17) is 11.6 Å². The molecule has 110 valence electrons. The number of aromatic nitrogens is 2. The zero-order valence-corrected chi connectivity index (χ0v) is 12.8. The molecular formula is C8H15ClN4O4S2. The Kier molecular flexibility index (Phi) is 5.33. The zero-order chi connectivity index (χ0) is 14.7. The minimum absolute atomic E-state index is 0.0398. The van der Waals surface area contributed by atoms with Crippen LogP contribution in [0, 0.1) is 0 Å². The molecule has 0 bridgehead atoms. The van der Waals surface area contributed by atoms with Crippen molar-refractivity contribution in [2.24, 2.45) is 7.05 Å². The van der Waals surface area contributed by atoms with Gasteiger partial charge in [0.1, 0.15) is 5.15 Å². The highest BCUT2D eigenvalue weighted by molar-refractivity contribution is 7.90. The number of hydrogen-bond acceptors (Lipinski definition) is 5. The molecule has 0 fully saturated rings. The lowest BCUT2D eigenvalue weighted by molar-refractivity contribution is 0.575. The van der Waals surface area contributed by atoms with Gasteiger partial charge in [0.25, 0.3) is 10.0 Å². The Morgan fingerprint density at radius 1 is 1.32 bits per heavy atom. The Morgan fingerprint density at radius 2 is 1.95 bits per heavy atom. The van der Waals surface area contributed by atoms with E-state index in [1.54, 1.807) is 14.0 Å². The van der Waals surface area contributed by atoms with Crippen molar-refractivity contribution < 1.29 is 16.8 Å². The maximum absolute atomic E-state index is 11.8. The molecule has 19 heavy (non-hydrogen) atoms. The fourth-order valence-electron chi connectivity index (χ4n) is 1.24. The third-order valence-corrected chi connectivity index (χ3v) is 5.54. The number of nitrogens with zero attached hydrogens (tertiary/aromatic N) is 2. The first-order valence-electron chi connectivity index (χ1n) is 5.33. The van der Waals surface area contributed by atoms with E-state index in [1.807, 2.05) is 0 Å². The molecule has 1 aromatic heterocycles. The molecule has 0 spiro atoms. The Labute approximate surface area is 117 Å². The van der Waals surface area contributed by atoms with Crippen molar-refractivity contribution in [2.75, 3.05) is 18.8 Å². The number of halogens is 1. The summed E-state index contributed by atoms with van der Waals surface area (Å²) in [6.45, 7) is 1.63. The number of imidazole rings is 1. The van der Waals surface area contributed by atoms with Gasteiger partial charge in [-0.2, -0.15) is 0 Å². The van der Waals surface area contributed by atoms with Crippen LogP contribution in [0.2, 0.25) is 5.15 Å². The van der Waals surface area contributed by atoms with Gasteiger partial charge in [-0.05, 0) is 0 Å². The fraction of sp³-hybridized carbons (Fsp3) is 0.625. The average molecular weight is 331 g/mol. The zero-order valence-electron chi connectivity index (χ0n) is 10.4. The number of aryl methyl sites for hydroxylation is 1. The quantitative estimate of drug-likeness (QED) is 0.686. The smallest absolute Gasteiger partial charge is 0.261 e. The van der Waals surface area contributed by atoms with Gasteiger partial charge in [0.2, 0.25) is 15.0 Å². The summed E-state index contributed by atoms with van der Waals surface area (Å²) in [7, 11) is -5.84. The van der Waals surface area contributed by atoms with Gasteiger partial charge in [0.15, 0.2) is 0 Å². The monoisotopic (exact) mass is 330 g/mol. The first kappa shape index (κ1) is 16.4. The van der Waals surface area contributed by atoms with E-state index in [1.165, 1.54) is 10.9 Å². The van der Waals surface area contributed by atoms with Crippen LogP contribution >= 0.6 is 11.6 Å². The van der Waals surface area contributed by atoms with Crippen molar-refractivity contribution in [3.63, 3.8) is 0 Å². The van der Waals surface area contributed by atoms with Crippen LogP contribution in [0.4, 0.5) is 0 Å². The summed E-state index contributed by atoms with van der Waals surface area (Å²) in [4.78, 5) is 3.65. The first-order chi connectivity index (χ1) is 8.69. The Bertz CT molecular complexity index is 638. The second-order valence-electron chi connectivity index (χ2n) is 3.67. The summed E-state index contributed by atoms with van der Waals surface area (Å²) in [6, 6.07) is 0. The second kappa shape index (κ2) is 6.18. The summed E-state index contributed by atoms with van der Waals surface area (Å²) in [5.41, 5.74) is 0. The maximum Gasteiger partial charge on any atom is 0.261 e. The molecule has 0 saturated heterocycles. The van der Waals surface area contributed by atoms with Crippen molar-refractivity contribution in [1.82, 2.24) is 19.0 Å². The van der Waals surface area contributed by atoms with Crippen LogP contribution in [0.25, 0.3) is 0 Å². The first-order valence-corrected chi connectivity index (χ1v) is 8.85. The Balaban J connectivity index is 2.70. The summed E-state index contributed by atoms with van der Waals surface area (Å²) in [6.07, 6.45) is 1.26. The van der Waals surface area contributed by atoms with Crippen molar-refractivity contribution in [2.45, 2.75) is 11.9 Å². The van der Waals surface area contributed by atoms with Gasteiger partial charge in [0, 0.05) is 20.1 Å². The van der Waals surface area contributed by atoms with Gasteiger partial charge in [-0.1, -0.05) is 18.5 Å². The minimum atomic E-state index is -3.91. The number of nitrogens with one attached hydrogen (secondary N) is 2. The van der Waals surface area contributed by atoms with Crippen LogP contribution in [-0.4, -0.2) is 45.2 Å². The highest BCUT2D eigenvalue weighted by Gasteiger charge is 2.22. The summed E-state index contributed by atoms with van der Waals surface area (Å²) >= 11 is 5.76. The average Bonchev–Trinajstić information content (AvgIpc) is 2.59. The van der Waals surface area contributed by atoms with Gasteiger partial charge < -0.3 is 4.57 Å². The molecule has 0 aliphatic rings. The summed E-state index contributed by atoms with van der Waals surface area (Å²) in [5.74, 6) is -0.357. The molecule has 11 heteroatoms. The number of hydrogen-bond donors (Lipinski definition) is 2. The van der Waals surface area contributed by atoms with Gasteiger partial charge in [0.05, 0.1) is 12.1 Å². The number of rotatable bonds is 7. The predicted octanol–water partition coefficient (Wildman–Crippen LogP) is -0.709. The van der Waals surface area contributed by atoms with E-state index in [2.05, 4.69) is 14.4 Å². The molecule has 0 aromatic carbocycles.